The van der Waals surface area contributed by atoms with Crippen LogP contribution in [0.15, 0.2) is 41.5 Å². The molecule has 0 amide bonds. The van der Waals surface area contributed by atoms with Gasteiger partial charge >= 0.3 is 0 Å². The molecule has 3 N–H and O–H groups in total. The Labute approximate surface area is 132 Å². The summed E-state index contributed by atoms with van der Waals surface area (Å²) in [5.74, 6) is 1.15. The van der Waals surface area contributed by atoms with Gasteiger partial charge in [0, 0.05) is 12.7 Å². The van der Waals surface area contributed by atoms with Gasteiger partial charge in [-0.15, -0.1) is 0 Å². The van der Waals surface area contributed by atoms with Crippen molar-refractivity contribution in [3.05, 3.63) is 47.8 Å². The van der Waals surface area contributed by atoms with Crippen molar-refractivity contribution in [2.75, 3.05) is 6.54 Å². The predicted octanol–water partition coefficient (Wildman–Crippen LogP) is 2.63. The van der Waals surface area contributed by atoms with E-state index in [2.05, 4.69) is 35.3 Å². The molecule has 0 atom stereocenters. The van der Waals surface area contributed by atoms with Crippen molar-refractivity contribution >= 4 is 5.96 Å². The zero-order chi connectivity index (χ0) is 15.9. The van der Waals surface area contributed by atoms with Crippen molar-refractivity contribution in [2.24, 2.45) is 16.6 Å². The van der Waals surface area contributed by atoms with Gasteiger partial charge in [0.2, 0.25) is 0 Å². The van der Waals surface area contributed by atoms with Gasteiger partial charge in [-0.3, -0.25) is 0 Å². The Morgan fingerprint density at radius 1 is 1.32 bits per heavy atom. The Morgan fingerprint density at radius 2 is 2.09 bits per heavy atom. The molecule has 0 bridgehead atoms. The smallest absolute Gasteiger partial charge is 0.188 e. The third kappa shape index (κ3) is 4.62. The molecular formula is C17H25N5. The first kappa shape index (κ1) is 16.1. The number of hydrogen-bond acceptors (Lipinski definition) is 2. The molecule has 2 aromatic rings. The molecule has 0 saturated heterocycles. The number of aromatic nitrogens is 2. The molecule has 1 aromatic carbocycles. The lowest BCUT2D eigenvalue weighted by Crippen LogP contribution is -2.32. The normalized spacial score (nSPS) is 11.9. The van der Waals surface area contributed by atoms with E-state index in [1.165, 1.54) is 0 Å². The zero-order valence-electron chi connectivity index (χ0n) is 13.6. The molecule has 0 spiro atoms. The van der Waals surface area contributed by atoms with Crippen LogP contribution < -0.4 is 11.1 Å². The number of hydrogen-bond donors (Lipinski definition) is 2. The summed E-state index contributed by atoms with van der Waals surface area (Å²) in [4.78, 5) is 4.43. The van der Waals surface area contributed by atoms with Gasteiger partial charge < -0.3 is 11.1 Å². The Hall–Kier alpha value is -2.30. The van der Waals surface area contributed by atoms with Crippen LogP contribution in [0, 0.1) is 12.8 Å². The predicted molar refractivity (Wildman–Crippen MR) is 91.1 cm³/mol. The van der Waals surface area contributed by atoms with Crippen molar-refractivity contribution in [1.82, 2.24) is 15.1 Å². The van der Waals surface area contributed by atoms with Crippen LogP contribution in [0.3, 0.4) is 0 Å². The van der Waals surface area contributed by atoms with Crippen molar-refractivity contribution in [2.45, 2.75) is 33.7 Å². The topological polar surface area (TPSA) is 68.2 Å². The Morgan fingerprint density at radius 3 is 2.77 bits per heavy atom. The van der Waals surface area contributed by atoms with Crippen LogP contribution in [-0.2, 0) is 6.54 Å². The molecule has 5 heteroatoms. The second-order valence-corrected chi connectivity index (χ2v) is 5.84. The number of para-hydroxylation sites is 1. The molecule has 2 rings (SSSR count). The van der Waals surface area contributed by atoms with Crippen molar-refractivity contribution in [1.29, 1.82) is 0 Å². The van der Waals surface area contributed by atoms with Gasteiger partial charge in [-0.2, -0.15) is 5.10 Å². The Balaban J connectivity index is 2.04. The van der Waals surface area contributed by atoms with Gasteiger partial charge in [-0.1, -0.05) is 32.0 Å². The molecule has 1 heterocycles. The minimum atomic E-state index is 0.493. The molecule has 0 aliphatic carbocycles. The molecule has 0 aliphatic heterocycles. The van der Waals surface area contributed by atoms with Gasteiger partial charge in [0.1, 0.15) is 0 Å². The second-order valence-electron chi connectivity index (χ2n) is 5.84. The first-order valence-electron chi connectivity index (χ1n) is 7.70. The van der Waals surface area contributed by atoms with Crippen molar-refractivity contribution in [3.63, 3.8) is 0 Å². The lowest BCUT2D eigenvalue weighted by atomic mass is 10.1. The number of guanidine groups is 1. The molecule has 118 valence electrons. The van der Waals surface area contributed by atoms with Crippen LogP contribution in [-0.4, -0.2) is 22.3 Å². The number of nitrogens with zero attached hydrogens (tertiary/aromatic N) is 3. The summed E-state index contributed by atoms with van der Waals surface area (Å²) in [6.07, 6.45) is 3.04. The van der Waals surface area contributed by atoms with Crippen LogP contribution >= 0.6 is 0 Å². The van der Waals surface area contributed by atoms with E-state index in [0.29, 0.717) is 18.4 Å². The molecular weight excluding hydrogens is 274 g/mol. The summed E-state index contributed by atoms with van der Waals surface area (Å²) in [5.41, 5.74) is 9.04. The van der Waals surface area contributed by atoms with Gasteiger partial charge in [0.15, 0.2) is 5.96 Å². The van der Waals surface area contributed by atoms with E-state index >= 15 is 0 Å². The minimum absolute atomic E-state index is 0.493. The Bertz CT molecular complexity index is 627. The lowest BCUT2D eigenvalue weighted by Gasteiger charge is -2.09. The maximum absolute atomic E-state index is 5.92. The number of nitrogens with one attached hydrogen (secondary N) is 1. The van der Waals surface area contributed by atoms with E-state index in [1.807, 2.05) is 42.1 Å². The molecule has 5 nitrogen and oxygen atoms in total. The van der Waals surface area contributed by atoms with Crippen molar-refractivity contribution < 1.29 is 0 Å². The Kier molecular flexibility index (Phi) is 5.58. The first-order valence-corrected chi connectivity index (χ1v) is 7.70. The number of aryl methyl sites for hydroxylation is 1. The zero-order valence-corrected chi connectivity index (χ0v) is 13.6. The summed E-state index contributed by atoms with van der Waals surface area (Å²) in [6, 6.07) is 10.1. The van der Waals surface area contributed by atoms with Crippen LogP contribution in [0.5, 0.6) is 0 Å². The summed E-state index contributed by atoms with van der Waals surface area (Å²) in [5, 5.41) is 7.61. The van der Waals surface area contributed by atoms with E-state index in [1.54, 1.807) is 0 Å². The van der Waals surface area contributed by atoms with E-state index in [9.17, 15) is 0 Å². The molecule has 0 aliphatic rings. The highest BCUT2D eigenvalue weighted by Gasteiger charge is 2.05. The van der Waals surface area contributed by atoms with Crippen molar-refractivity contribution in [3.8, 4) is 5.69 Å². The summed E-state index contributed by atoms with van der Waals surface area (Å²) >= 11 is 0. The largest absolute Gasteiger partial charge is 0.370 e. The fourth-order valence-corrected chi connectivity index (χ4v) is 2.13. The fraction of sp³-hybridized carbons (Fsp3) is 0.412. The summed E-state index contributed by atoms with van der Waals surface area (Å²) in [6.45, 7) is 7.76. The number of rotatable bonds is 6. The standard InChI is InChI=1S/C17H25N5/c1-13(2)8-10-19-17(18)20-12-15-6-4-5-7-16(15)22-11-9-14(3)21-22/h4-7,9,11,13H,8,10,12H2,1-3H3,(H3,18,19,20). The number of benzene rings is 1. The van der Waals surface area contributed by atoms with Crippen LogP contribution in [0.25, 0.3) is 5.69 Å². The molecule has 0 radical (unpaired) electrons. The van der Waals surface area contributed by atoms with E-state index in [0.717, 1.165) is 29.9 Å². The second kappa shape index (κ2) is 7.64. The first-order chi connectivity index (χ1) is 10.6. The lowest BCUT2D eigenvalue weighted by molar-refractivity contribution is 0.576. The fourth-order valence-electron chi connectivity index (χ4n) is 2.13. The average Bonchev–Trinajstić information content (AvgIpc) is 2.91. The number of aliphatic imine (C=N–C) groups is 1. The van der Waals surface area contributed by atoms with Crippen LogP contribution in [0.4, 0.5) is 0 Å². The molecule has 22 heavy (non-hydrogen) atoms. The van der Waals surface area contributed by atoms with Gasteiger partial charge in [0.05, 0.1) is 17.9 Å². The quantitative estimate of drug-likeness (QED) is 0.636. The molecule has 0 unspecified atom stereocenters. The van der Waals surface area contributed by atoms with Crippen LogP contribution in [0.2, 0.25) is 0 Å². The van der Waals surface area contributed by atoms with E-state index in [-0.39, 0.29) is 0 Å². The maximum Gasteiger partial charge on any atom is 0.188 e. The summed E-state index contributed by atoms with van der Waals surface area (Å²) in [7, 11) is 0. The third-order valence-corrected chi connectivity index (χ3v) is 3.41. The maximum atomic E-state index is 5.92. The van der Waals surface area contributed by atoms with E-state index in [4.69, 9.17) is 5.73 Å². The van der Waals surface area contributed by atoms with E-state index < -0.39 is 0 Å². The van der Waals surface area contributed by atoms with Gasteiger partial charge in [-0.25, -0.2) is 9.67 Å². The average molecular weight is 299 g/mol. The van der Waals surface area contributed by atoms with Gasteiger partial charge in [-0.05, 0) is 37.0 Å². The molecule has 1 aromatic heterocycles. The van der Waals surface area contributed by atoms with Gasteiger partial charge in [0.25, 0.3) is 0 Å². The highest BCUT2D eigenvalue weighted by Crippen LogP contribution is 2.15. The third-order valence-electron chi connectivity index (χ3n) is 3.41. The summed E-state index contributed by atoms with van der Waals surface area (Å²) < 4.78 is 1.88. The monoisotopic (exact) mass is 299 g/mol. The molecule has 0 saturated carbocycles. The highest BCUT2D eigenvalue weighted by atomic mass is 15.3. The SMILES string of the molecule is Cc1ccn(-c2ccccc2CN=C(N)NCCC(C)C)n1. The molecule has 0 fully saturated rings. The van der Waals surface area contributed by atoms with Crippen LogP contribution in [0.1, 0.15) is 31.5 Å². The number of nitrogens with two attached hydrogens (primary N) is 1. The highest BCUT2D eigenvalue weighted by molar-refractivity contribution is 5.77. The minimum Gasteiger partial charge on any atom is -0.370 e.